The molecule has 0 radical (unpaired) electrons. The topological polar surface area (TPSA) is 90.1 Å². The summed E-state index contributed by atoms with van der Waals surface area (Å²) in [6, 6.07) is 0.260. The number of imidazole rings is 1. The van der Waals surface area contributed by atoms with Gasteiger partial charge in [-0.15, -0.1) is 0 Å². The van der Waals surface area contributed by atoms with Crippen molar-refractivity contribution >= 4 is 11.7 Å². The van der Waals surface area contributed by atoms with Gasteiger partial charge in [0.2, 0.25) is 11.7 Å². The lowest BCUT2D eigenvalue weighted by Gasteiger charge is -2.11. The lowest BCUT2D eigenvalue weighted by molar-refractivity contribution is -0.389. The summed E-state index contributed by atoms with van der Waals surface area (Å²) in [6.07, 6.45) is 5.65. The molecule has 1 aromatic rings. The van der Waals surface area contributed by atoms with E-state index in [0.717, 1.165) is 25.7 Å². The molecule has 7 nitrogen and oxygen atoms in total. The molecule has 0 aromatic carbocycles. The predicted octanol–water partition coefficient (Wildman–Crippen LogP) is 1.16. The van der Waals surface area contributed by atoms with Gasteiger partial charge in [-0.3, -0.25) is 9.36 Å². The highest BCUT2D eigenvalue weighted by Gasteiger charge is 2.20. The van der Waals surface area contributed by atoms with E-state index in [0.29, 0.717) is 5.82 Å². The molecule has 1 heterocycles. The summed E-state index contributed by atoms with van der Waals surface area (Å²) < 4.78 is 1.50. The molecule has 0 saturated heterocycles. The predicted molar refractivity (Wildman–Crippen MR) is 64.0 cm³/mol. The summed E-state index contributed by atoms with van der Waals surface area (Å²) in [7, 11) is 0. The quantitative estimate of drug-likeness (QED) is 0.643. The molecule has 18 heavy (non-hydrogen) atoms. The van der Waals surface area contributed by atoms with Crippen LogP contribution in [0.1, 0.15) is 31.5 Å². The van der Waals surface area contributed by atoms with Crippen molar-refractivity contribution in [3.63, 3.8) is 0 Å². The van der Waals surface area contributed by atoms with Gasteiger partial charge in [0.25, 0.3) is 0 Å². The molecule has 98 valence electrons. The van der Waals surface area contributed by atoms with Gasteiger partial charge in [-0.25, -0.2) is 0 Å². The molecule has 1 aliphatic carbocycles. The molecule has 0 aliphatic heterocycles. The van der Waals surface area contributed by atoms with E-state index in [2.05, 4.69) is 10.3 Å². The Morgan fingerprint density at radius 1 is 1.61 bits per heavy atom. The first-order valence-corrected chi connectivity index (χ1v) is 6.04. The van der Waals surface area contributed by atoms with Gasteiger partial charge in [0.1, 0.15) is 12.7 Å². The molecule has 1 saturated carbocycles. The van der Waals surface area contributed by atoms with Gasteiger partial charge < -0.3 is 15.4 Å². The maximum atomic E-state index is 11.8. The van der Waals surface area contributed by atoms with Crippen LogP contribution in [0.3, 0.4) is 0 Å². The molecule has 1 aromatic heterocycles. The number of hydrogen-bond donors (Lipinski definition) is 1. The molecule has 1 N–H and O–H groups in total. The van der Waals surface area contributed by atoms with Crippen molar-refractivity contribution in [3.8, 4) is 0 Å². The van der Waals surface area contributed by atoms with E-state index in [1.54, 1.807) is 6.92 Å². The van der Waals surface area contributed by atoms with Gasteiger partial charge in [0.05, 0.1) is 0 Å². The third kappa shape index (κ3) is 2.85. The van der Waals surface area contributed by atoms with Crippen LogP contribution < -0.4 is 5.32 Å². The maximum absolute atomic E-state index is 11.8. The van der Waals surface area contributed by atoms with Gasteiger partial charge in [-0.1, -0.05) is 12.8 Å². The van der Waals surface area contributed by atoms with Crippen LogP contribution in [-0.2, 0) is 11.3 Å². The molecule has 0 bridgehead atoms. The molecule has 1 aliphatic rings. The highest BCUT2D eigenvalue weighted by molar-refractivity contribution is 5.76. The fourth-order valence-electron chi connectivity index (χ4n) is 2.24. The number of nitrogens with one attached hydrogen (secondary N) is 1. The minimum Gasteiger partial charge on any atom is -0.358 e. The standard InChI is InChI=1S/C11H16N4O3/c1-8-12-10(15(17)18)6-14(8)7-11(16)13-9-4-2-3-5-9/h6,9H,2-5,7H2,1H3,(H,13,16). The van der Waals surface area contributed by atoms with Gasteiger partial charge >= 0.3 is 5.82 Å². The van der Waals surface area contributed by atoms with E-state index >= 15 is 0 Å². The van der Waals surface area contributed by atoms with E-state index in [-0.39, 0.29) is 24.3 Å². The van der Waals surface area contributed by atoms with Crippen molar-refractivity contribution in [2.45, 2.75) is 45.2 Å². The Labute approximate surface area is 104 Å². The summed E-state index contributed by atoms with van der Waals surface area (Å²) in [5, 5.41) is 13.5. The molecule has 0 unspecified atom stereocenters. The minimum absolute atomic E-state index is 0.0865. The van der Waals surface area contributed by atoms with Crippen molar-refractivity contribution in [1.29, 1.82) is 0 Å². The number of aryl methyl sites for hydroxylation is 1. The Hall–Kier alpha value is -1.92. The van der Waals surface area contributed by atoms with Crippen LogP contribution in [-0.4, -0.2) is 26.4 Å². The molecular formula is C11H16N4O3. The first-order chi connectivity index (χ1) is 8.56. The number of hydrogen-bond acceptors (Lipinski definition) is 4. The highest BCUT2D eigenvalue weighted by atomic mass is 16.6. The minimum atomic E-state index is -0.557. The van der Waals surface area contributed by atoms with Crippen LogP contribution in [0.25, 0.3) is 0 Å². The summed E-state index contributed by atoms with van der Waals surface area (Å²) in [4.78, 5) is 25.6. The third-order valence-corrected chi connectivity index (χ3v) is 3.18. The lowest BCUT2D eigenvalue weighted by atomic mass is 10.2. The van der Waals surface area contributed by atoms with Gasteiger partial charge in [0.15, 0.2) is 0 Å². The first kappa shape index (κ1) is 12.5. The van der Waals surface area contributed by atoms with Gasteiger partial charge in [0, 0.05) is 13.0 Å². The summed E-state index contributed by atoms with van der Waals surface area (Å²) in [5.74, 6) is 0.140. The molecule has 2 rings (SSSR count). The van der Waals surface area contributed by atoms with Crippen LogP contribution in [0.15, 0.2) is 6.20 Å². The molecule has 1 amide bonds. The third-order valence-electron chi connectivity index (χ3n) is 3.18. The fourth-order valence-corrected chi connectivity index (χ4v) is 2.24. The first-order valence-electron chi connectivity index (χ1n) is 6.04. The number of nitro groups is 1. The van der Waals surface area contributed by atoms with Crippen molar-refractivity contribution in [1.82, 2.24) is 14.9 Å². The summed E-state index contributed by atoms with van der Waals surface area (Å²) in [5.41, 5.74) is 0. The molecular weight excluding hydrogens is 236 g/mol. The SMILES string of the molecule is Cc1nc([N+](=O)[O-])cn1CC(=O)NC1CCCC1. The monoisotopic (exact) mass is 252 g/mol. The zero-order chi connectivity index (χ0) is 13.1. The van der Waals surface area contributed by atoms with Gasteiger partial charge in [-0.2, -0.15) is 0 Å². The zero-order valence-electron chi connectivity index (χ0n) is 10.3. The smallest absolute Gasteiger partial charge is 0.358 e. The number of carbonyl (C=O) groups is 1. The average Bonchev–Trinajstić information content (AvgIpc) is 2.89. The van der Waals surface area contributed by atoms with E-state index in [1.807, 2.05) is 0 Å². The second-order valence-corrected chi connectivity index (χ2v) is 4.58. The summed E-state index contributed by atoms with van der Waals surface area (Å²) >= 11 is 0. The average molecular weight is 252 g/mol. The molecule has 0 atom stereocenters. The van der Waals surface area contributed by atoms with E-state index in [9.17, 15) is 14.9 Å². The van der Waals surface area contributed by atoms with Gasteiger partial charge in [-0.05, 0) is 22.7 Å². The second-order valence-electron chi connectivity index (χ2n) is 4.58. The van der Waals surface area contributed by atoms with Crippen molar-refractivity contribution < 1.29 is 9.72 Å². The van der Waals surface area contributed by atoms with E-state index < -0.39 is 4.92 Å². The number of rotatable bonds is 4. The number of amides is 1. The second kappa shape index (κ2) is 5.16. The number of carbonyl (C=O) groups excluding carboxylic acids is 1. The van der Waals surface area contributed by atoms with Crippen LogP contribution in [0.4, 0.5) is 5.82 Å². The van der Waals surface area contributed by atoms with Crippen molar-refractivity contribution in [2.75, 3.05) is 0 Å². The lowest BCUT2D eigenvalue weighted by Crippen LogP contribution is -2.35. The van der Waals surface area contributed by atoms with Crippen LogP contribution in [0.5, 0.6) is 0 Å². The Balaban J connectivity index is 1.95. The molecule has 0 spiro atoms. The Kier molecular flexibility index (Phi) is 3.59. The largest absolute Gasteiger partial charge is 0.381 e. The zero-order valence-corrected chi connectivity index (χ0v) is 10.3. The Morgan fingerprint density at radius 3 is 2.83 bits per heavy atom. The number of nitrogens with zero attached hydrogens (tertiary/aromatic N) is 3. The molecule has 7 heteroatoms. The normalized spacial score (nSPS) is 15.8. The van der Waals surface area contributed by atoms with E-state index in [1.165, 1.54) is 10.8 Å². The Morgan fingerprint density at radius 2 is 2.28 bits per heavy atom. The fraction of sp³-hybridized carbons (Fsp3) is 0.636. The molecule has 1 fully saturated rings. The van der Waals surface area contributed by atoms with Crippen LogP contribution >= 0.6 is 0 Å². The summed E-state index contributed by atoms with van der Waals surface area (Å²) in [6.45, 7) is 1.74. The highest BCUT2D eigenvalue weighted by Crippen LogP contribution is 2.17. The number of aromatic nitrogens is 2. The van der Waals surface area contributed by atoms with Crippen molar-refractivity contribution in [2.24, 2.45) is 0 Å². The van der Waals surface area contributed by atoms with Crippen LogP contribution in [0.2, 0.25) is 0 Å². The van der Waals surface area contributed by atoms with E-state index in [4.69, 9.17) is 0 Å². The maximum Gasteiger partial charge on any atom is 0.381 e. The van der Waals surface area contributed by atoms with Crippen LogP contribution in [0, 0.1) is 17.0 Å². The Bertz CT molecular complexity index is 463. The van der Waals surface area contributed by atoms with Crippen molar-refractivity contribution in [3.05, 3.63) is 22.1 Å².